The summed E-state index contributed by atoms with van der Waals surface area (Å²) in [5.74, 6) is 0. The van der Waals surface area contributed by atoms with Crippen LogP contribution < -0.4 is 0 Å². The van der Waals surface area contributed by atoms with Gasteiger partial charge in [0.1, 0.15) is 0 Å². The molecule has 0 aliphatic heterocycles. The molecular weight excluding hydrogens is 268 g/mol. The van der Waals surface area contributed by atoms with Gasteiger partial charge in [-0.2, -0.15) is 5.26 Å². The number of hydrogen-bond acceptors (Lipinski definition) is 5. The van der Waals surface area contributed by atoms with Crippen molar-refractivity contribution < 1.29 is 8.42 Å². The summed E-state index contributed by atoms with van der Waals surface area (Å²) in [4.78, 5) is 4.36. The molecular formula is C12H12N2O2S2. The smallest absolute Gasteiger partial charge is 0.163 e. The summed E-state index contributed by atoms with van der Waals surface area (Å²) in [6, 6.07) is 7.47. The highest BCUT2D eigenvalue weighted by atomic mass is 32.2. The number of hydrogen-bond donors (Lipinski definition) is 0. The zero-order valence-corrected chi connectivity index (χ0v) is 11.7. The van der Waals surface area contributed by atoms with E-state index in [1.165, 1.54) is 0 Å². The molecule has 1 heterocycles. The van der Waals surface area contributed by atoms with Crippen LogP contribution in [0.3, 0.4) is 0 Å². The monoisotopic (exact) mass is 280 g/mol. The molecule has 0 amide bonds. The van der Waals surface area contributed by atoms with Gasteiger partial charge in [-0.25, -0.2) is 13.4 Å². The summed E-state index contributed by atoms with van der Waals surface area (Å²) in [5, 5.41) is 8.88. The van der Waals surface area contributed by atoms with Crippen LogP contribution in [0.5, 0.6) is 0 Å². The van der Waals surface area contributed by atoms with E-state index in [4.69, 9.17) is 5.26 Å². The molecule has 0 radical (unpaired) electrons. The minimum atomic E-state index is -3.34. The van der Waals surface area contributed by atoms with Crippen LogP contribution >= 0.6 is 11.3 Å². The van der Waals surface area contributed by atoms with Gasteiger partial charge in [0.05, 0.1) is 21.3 Å². The predicted octanol–water partition coefficient (Wildman–Crippen LogP) is 2.08. The van der Waals surface area contributed by atoms with E-state index >= 15 is 0 Å². The Morgan fingerprint density at radius 1 is 1.50 bits per heavy atom. The van der Waals surface area contributed by atoms with Crippen molar-refractivity contribution in [3.8, 4) is 6.07 Å². The number of nitriles is 1. The number of benzene rings is 1. The Morgan fingerprint density at radius 3 is 2.83 bits per heavy atom. The van der Waals surface area contributed by atoms with Gasteiger partial charge in [0.15, 0.2) is 15.1 Å². The Hall–Kier alpha value is -1.45. The van der Waals surface area contributed by atoms with Gasteiger partial charge in [-0.3, -0.25) is 0 Å². The fraction of sp³-hybridized carbons (Fsp3) is 0.333. The largest absolute Gasteiger partial charge is 0.242 e. The van der Waals surface area contributed by atoms with E-state index in [0.717, 1.165) is 27.0 Å². The minimum absolute atomic E-state index is 0.210. The number of thiazole rings is 1. The molecule has 0 aliphatic carbocycles. The fourth-order valence-corrected chi connectivity index (χ4v) is 3.22. The van der Waals surface area contributed by atoms with E-state index < -0.39 is 15.1 Å². The lowest BCUT2D eigenvalue weighted by Crippen LogP contribution is -2.20. The molecule has 1 unspecified atom stereocenters. The second-order valence-corrected chi connectivity index (χ2v) is 7.65. The third-order valence-corrected chi connectivity index (χ3v) is 4.90. The molecule has 6 heteroatoms. The van der Waals surface area contributed by atoms with E-state index in [1.54, 1.807) is 11.3 Å². The van der Waals surface area contributed by atoms with Crippen molar-refractivity contribution >= 4 is 31.4 Å². The van der Waals surface area contributed by atoms with Crippen molar-refractivity contribution in [2.75, 3.05) is 6.26 Å². The fourth-order valence-electron chi connectivity index (χ4n) is 1.72. The number of fused-ring (bicyclic) bond motifs is 1. The molecule has 0 aliphatic rings. The zero-order chi connectivity index (χ0) is 13.3. The molecule has 1 aromatic heterocycles. The van der Waals surface area contributed by atoms with Crippen LogP contribution in [0.2, 0.25) is 0 Å². The van der Waals surface area contributed by atoms with Gasteiger partial charge in [-0.1, -0.05) is 6.07 Å². The lowest BCUT2D eigenvalue weighted by atomic mass is 10.1. The van der Waals surface area contributed by atoms with E-state index in [2.05, 4.69) is 4.98 Å². The quantitative estimate of drug-likeness (QED) is 0.863. The van der Waals surface area contributed by atoms with Gasteiger partial charge in [-0.05, 0) is 24.6 Å². The maximum Gasteiger partial charge on any atom is 0.163 e. The first-order valence-electron chi connectivity index (χ1n) is 5.34. The van der Waals surface area contributed by atoms with Gasteiger partial charge in [0.25, 0.3) is 0 Å². The SMILES string of the molecule is Cc1nc2cc(CC(C#N)S(C)(=O)=O)ccc2s1. The van der Waals surface area contributed by atoms with Crippen molar-refractivity contribution in [3.05, 3.63) is 28.8 Å². The maximum absolute atomic E-state index is 11.4. The maximum atomic E-state index is 11.4. The van der Waals surface area contributed by atoms with Crippen LogP contribution in [-0.4, -0.2) is 24.9 Å². The Labute approximate surface area is 110 Å². The predicted molar refractivity (Wildman–Crippen MR) is 72.3 cm³/mol. The summed E-state index contributed by atoms with van der Waals surface area (Å²) >= 11 is 1.60. The van der Waals surface area contributed by atoms with Gasteiger partial charge < -0.3 is 0 Å². The Balaban J connectivity index is 2.35. The first-order chi connectivity index (χ1) is 8.40. The van der Waals surface area contributed by atoms with E-state index in [0.29, 0.717) is 0 Å². The molecule has 94 valence electrons. The van der Waals surface area contributed by atoms with Gasteiger partial charge >= 0.3 is 0 Å². The van der Waals surface area contributed by atoms with E-state index in [1.807, 2.05) is 31.2 Å². The third-order valence-electron chi connectivity index (χ3n) is 2.64. The third kappa shape index (κ3) is 2.68. The standard InChI is InChI=1S/C12H12N2O2S2/c1-8-14-11-6-9(3-4-12(11)17-8)5-10(7-13)18(2,15)16/h3-4,6,10H,5H2,1-2H3. The number of aromatic nitrogens is 1. The molecule has 2 rings (SSSR count). The lowest BCUT2D eigenvalue weighted by Gasteiger charge is -2.06. The van der Waals surface area contributed by atoms with Crippen LogP contribution in [-0.2, 0) is 16.3 Å². The molecule has 0 bridgehead atoms. The van der Waals surface area contributed by atoms with Crippen LogP contribution in [0.4, 0.5) is 0 Å². The first-order valence-corrected chi connectivity index (χ1v) is 8.12. The Kier molecular flexibility index (Phi) is 3.37. The molecule has 4 nitrogen and oxygen atoms in total. The molecule has 0 saturated carbocycles. The minimum Gasteiger partial charge on any atom is -0.242 e. The number of sulfone groups is 1. The molecule has 18 heavy (non-hydrogen) atoms. The number of aryl methyl sites for hydroxylation is 1. The zero-order valence-electron chi connectivity index (χ0n) is 10.0. The summed E-state index contributed by atoms with van der Waals surface area (Å²) in [7, 11) is -3.34. The highest BCUT2D eigenvalue weighted by molar-refractivity contribution is 7.91. The Bertz CT molecular complexity index is 726. The average molecular weight is 280 g/mol. The first kappa shape index (κ1) is 13.0. The molecule has 1 atom stereocenters. The van der Waals surface area contributed by atoms with Crippen molar-refractivity contribution in [2.45, 2.75) is 18.6 Å². The lowest BCUT2D eigenvalue weighted by molar-refractivity contribution is 0.594. The van der Waals surface area contributed by atoms with Gasteiger partial charge in [0.2, 0.25) is 0 Å². The van der Waals surface area contributed by atoms with Crippen LogP contribution in [0.15, 0.2) is 18.2 Å². The molecule has 0 saturated heterocycles. The topological polar surface area (TPSA) is 70.8 Å². The van der Waals surface area contributed by atoms with Crippen LogP contribution in [0.1, 0.15) is 10.6 Å². The van der Waals surface area contributed by atoms with Crippen molar-refractivity contribution in [1.29, 1.82) is 5.26 Å². The van der Waals surface area contributed by atoms with Crippen LogP contribution in [0, 0.1) is 18.3 Å². The number of rotatable bonds is 3. The molecule has 0 spiro atoms. The van der Waals surface area contributed by atoms with Crippen molar-refractivity contribution in [3.63, 3.8) is 0 Å². The molecule has 1 aromatic carbocycles. The highest BCUT2D eigenvalue weighted by Crippen LogP contribution is 2.23. The van der Waals surface area contributed by atoms with E-state index in [-0.39, 0.29) is 6.42 Å². The summed E-state index contributed by atoms with van der Waals surface area (Å²) in [6.45, 7) is 1.93. The van der Waals surface area contributed by atoms with Crippen LogP contribution in [0.25, 0.3) is 10.2 Å². The van der Waals surface area contributed by atoms with Gasteiger partial charge in [0, 0.05) is 12.7 Å². The Morgan fingerprint density at radius 2 is 2.22 bits per heavy atom. The summed E-state index contributed by atoms with van der Waals surface area (Å²) < 4.78 is 23.9. The summed E-state index contributed by atoms with van der Waals surface area (Å²) in [6.07, 6.45) is 1.30. The summed E-state index contributed by atoms with van der Waals surface area (Å²) in [5.41, 5.74) is 1.69. The molecule has 2 aromatic rings. The molecule has 0 fully saturated rings. The van der Waals surface area contributed by atoms with E-state index in [9.17, 15) is 8.42 Å². The van der Waals surface area contributed by atoms with Crippen molar-refractivity contribution in [2.24, 2.45) is 0 Å². The second kappa shape index (κ2) is 4.67. The molecule has 0 N–H and O–H groups in total. The van der Waals surface area contributed by atoms with Crippen molar-refractivity contribution in [1.82, 2.24) is 4.98 Å². The average Bonchev–Trinajstić information content (AvgIpc) is 2.63. The number of nitrogens with zero attached hydrogens (tertiary/aromatic N) is 2. The van der Waals surface area contributed by atoms with Gasteiger partial charge in [-0.15, -0.1) is 11.3 Å². The second-order valence-electron chi connectivity index (χ2n) is 4.19. The normalized spacial score (nSPS) is 13.4. The highest BCUT2D eigenvalue weighted by Gasteiger charge is 2.20.